The zero-order valence-electron chi connectivity index (χ0n) is 9.85. The zero-order chi connectivity index (χ0) is 12.4. The van der Waals surface area contributed by atoms with Crippen molar-refractivity contribution >= 4 is 22.2 Å². The molecule has 0 aliphatic carbocycles. The minimum atomic E-state index is -0.1000. The number of thiophene rings is 1. The van der Waals surface area contributed by atoms with Gasteiger partial charge in [0.2, 0.25) is 5.91 Å². The molecule has 0 radical (unpaired) electrons. The number of hydrogen-bond acceptors (Lipinski definition) is 3. The first-order valence-corrected chi connectivity index (χ1v) is 6.85. The molecule has 4 heteroatoms. The number of fused-ring (bicyclic) bond motifs is 1. The van der Waals surface area contributed by atoms with Crippen LogP contribution in [0.3, 0.4) is 0 Å². The maximum atomic E-state index is 12.3. The molecule has 3 rings (SSSR count). The number of amides is 1. The van der Waals surface area contributed by atoms with E-state index in [0.717, 1.165) is 17.1 Å². The molecule has 1 amide bonds. The van der Waals surface area contributed by atoms with E-state index in [-0.39, 0.29) is 11.8 Å². The van der Waals surface area contributed by atoms with Gasteiger partial charge < -0.3 is 10.6 Å². The maximum absolute atomic E-state index is 12.3. The highest BCUT2D eigenvalue weighted by molar-refractivity contribution is 7.14. The van der Waals surface area contributed by atoms with Crippen molar-refractivity contribution in [3.63, 3.8) is 0 Å². The molecule has 0 spiro atoms. The molecule has 3 nitrogen and oxygen atoms in total. The molecule has 1 aliphatic rings. The van der Waals surface area contributed by atoms with Crippen molar-refractivity contribution in [3.8, 4) is 0 Å². The number of rotatable bonds is 2. The van der Waals surface area contributed by atoms with Crippen molar-refractivity contribution in [1.29, 1.82) is 0 Å². The number of benzene rings is 1. The van der Waals surface area contributed by atoms with Crippen molar-refractivity contribution in [1.82, 2.24) is 5.32 Å². The molecule has 0 fully saturated rings. The maximum Gasteiger partial charge on any atom is 0.233 e. The fourth-order valence-electron chi connectivity index (χ4n) is 2.29. The Morgan fingerprint density at radius 3 is 3.00 bits per heavy atom. The van der Waals surface area contributed by atoms with Gasteiger partial charge in [0, 0.05) is 13.1 Å². The first-order chi connectivity index (χ1) is 8.84. The molecular weight excluding hydrogens is 244 g/mol. The summed E-state index contributed by atoms with van der Waals surface area (Å²) in [6, 6.07) is 12.0. The summed E-state index contributed by atoms with van der Waals surface area (Å²) in [6.07, 6.45) is 0. The van der Waals surface area contributed by atoms with Gasteiger partial charge in [-0.2, -0.15) is 0 Å². The summed E-state index contributed by atoms with van der Waals surface area (Å²) in [7, 11) is 0. The van der Waals surface area contributed by atoms with Gasteiger partial charge in [-0.1, -0.05) is 24.3 Å². The molecule has 2 N–H and O–H groups in total. The van der Waals surface area contributed by atoms with Crippen molar-refractivity contribution in [3.05, 3.63) is 52.9 Å². The third kappa shape index (κ3) is 2.17. The molecule has 1 aromatic carbocycles. The van der Waals surface area contributed by atoms with Crippen LogP contribution in [0.5, 0.6) is 0 Å². The average Bonchev–Trinajstić information content (AvgIpc) is 2.91. The Balaban J connectivity index is 1.83. The van der Waals surface area contributed by atoms with Crippen LogP contribution in [0.2, 0.25) is 0 Å². The van der Waals surface area contributed by atoms with Crippen LogP contribution in [0.25, 0.3) is 0 Å². The van der Waals surface area contributed by atoms with Crippen LogP contribution in [0.4, 0.5) is 5.00 Å². The number of hydrogen-bond donors (Lipinski definition) is 2. The molecule has 1 aliphatic heterocycles. The fourth-order valence-corrected chi connectivity index (χ4v) is 2.91. The number of anilines is 1. The normalized spacial score (nSPS) is 18.1. The summed E-state index contributed by atoms with van der Waals surface area (Å²) in [5.41, 5.74) is 2.36. The van der Waals surface area contributed by atoms with Crippen LogP contribution < -0.4 is 10.6 Å². The van der Waals surface area contributed by atoms with Crippen molar-refractivity contribution in [2.75, 3.05) is 11.9 Å². The molecule has 18 heavy (non-hydrogen) atoms. The molecule has 0 saturated carbocycles. The standard InChI is InChI=1S/C14H14N2OS/c17-14(16-13-6-3-7-18-13)12-9-15-8-10-4-1-2-5-11(10)12/h1-7,12,15H,8-9H2,(H,16,17). The lowest BCUT2D eigenvalue weighted by molar-refractivity contribution is -0.117. The van der Waals surface area contributed by atoms with Crippen LogP contribution in [0, 0.1) is 0 Å². The molecule has 0 saturated heterocycles. The Morgan fingerprint density at radius 1 is 1.28 bits per heavy atom. The van der Waals surface area contributed by atoms with Crippen LogP contribution in [0.15, 0.2) is 41.8 Å². The summed E-state index contributed by atoms with van der Waals surface area (Å²) < 4.78 is 0. The largest absolute Gasteiger partial charge is 0.317 e. The van der Waals surface area contributed by atoms with E-state index >= 15 is 0 Å². The highest BCUT2D eigenvalue weighted by Gasteiger charge is 2.26. The minimum absolute atomic E-state index is 0.0668. The Labute approximate surface area is 110 Å². The van der Waals surface area contributed by atoms with Gasteiger partial charge in [0.15, 0.2) is 0 Å². The Kier molecular flexibility index (Phi) is 3.13. The average molecular weight is 258 g/mol. The molecule has 1 aromatic heterocycles. The number of carbonyl (C=O) groups is 1. The second-order valence-corrected chi connectivity index (χ2v) is 5.30. The molecule has 0 bridgehead atoms. The van der Waals surface area contributed by atoms with E-state index in [9.17, 15) is 4.79 Å². The number of carbonyl (C=O) groups excluding carboxylic acids is 1. The SMILES string of the molecule is O=C(Nc1cccs1)C1CNCc2ccccc21. The predicted octanol–water partition coefficient (Wildman–Crippen LogP) is 2.57. The van der Waals surface area contributed by atoms with Gasteiger partial charge >= 0.3 is 0 Å². The van der Waals surface area contributed by atoms with E-state index in [2.05, 4.69) is 22.8 Å². The number of nitrogens with one attached hydrogen (secondary N) is 2. The minimum Gasteiger partial charge on any atom is -0.317 e. The van der Waals surface area contributed by atoms with Crippen LogP contribution in [0.1, 0.15) is 17.0 Å². The molecule has 1 unspecified atom stereocenters. The van der Waals surface area contributed by atoms with Gasteiger partial charge in [0.05, 0.1) is 10.9 Å². The van der Waals surface area contributed by atoms with Crippen molar-refractivity contribution in [2.45, 2.75) is 12.5 Å². The third-order valence-electron chi connectivity index (χ3n) is 3.18. The van der Waals surface area contributed by atoms with Gasteiger partial charge in [0.1, 0.15) is 0 Å². The lowest BCUT2D eigenvalue weighted by Crippen LogP contribution is -2.35. The molecule has 1 atom stereocenters. The van der Waals surface area contributed by atoms with E-state index in [1.165, 1.54) is 5.56 Å². The van der Waals surface area contributed by atoms with Gasteiger partial charge in [0.25, 0.3) is 0 Å². The third-order valence-corrected chi connectivity index (χ3v) is 3.96. The summed E-state index contributed by atoms with van der Waals surface area (Å²) >= 11 is 1.54. The first kappa shape index (κ1) is 11.4. The second kappa shape index (κ2) is 4.92. The summed E-state index contributed by atoms with van der Waals surface area (Å²) in [5.74, 6) is -0.0332. The molecule has 2 heterocycles. The van der Waals surface area contributed by atoms with Gasteiger partial charge in [-0.15, -0.1) is 11.3 Å². The highest BCUT2D eigenvalue weighted by Crippen LogP contribution is 2.26. The lowest BCUT2D eigenvalue weighted by Gasteiger charge is -2.25. The lowest BCUT2D eigenvalue weighted by atomic mass is 9.90. The Bertz CT molecular complexity index is 551. The van der Waals surface area contributed by atoms with Gasteiger partial charge in [-0.3, -0.25) is 4.79 Å². The van der Waals surface area contributed by atoms with E-state index < -0.39 is 0 Å². The molecule has 92 valence electrons. The summed E-state index contributed by atoms with van der Waals surface area (Å²) in [4.78, 5) is 12.3. The van der Waals surface area contributed by atoms with E-state index in [1.807, 2.05) is 29.6 Å². The second-order valence-electron chi connectivity index (χ2n) is 4.35. The molecular formula is C14H14N2OS. The topological polar surface area (TPSA) is 41.1 Å². The smallest absolute Gasteiger partial charge is 0.233 e. The van der Waals surface area contributed by atoms with Crippen molar-refractivity contribution in [2.24, 2.45) is 0 Å². The molecule has 2 aromatic rings. The summed E-state index contributed by atoms with van der Waals surface area (Å²) in [5, 5.41) is 9.13. The Morgan fingerprint density at radius 2 is 2.17 bits per heavy atom. The fraction of sp³-hybridized carbons (Fsp3) is 0.214. The van der Waals surface area contributed by atoms with E-state index in [1.54, 1.807) is 11.3 Å². The van der Waals surface area contributed by atoms with Gasteiger partial charge in [-0.25, -0.2) is 0 Å². The quantitative estimate of drug-likeness (QED) is 0.869. The van der Waals surface area contributed by atoms with Crippen LogP contribution >= 0.6 is 11.3 Å². The van der Waals surface area contributed by atoms with E-state index in [0.29, 0.717) is 6.54 Å². The predicted molar refractivity (Wildman–Crippen MR) is 73.8 cm³/mol. The monoisotopic (exact) mass is 258 g/mol. The van der Waals surface area contributed by atoms with Crippen LogP contribution in [-0.2, 0) is 11.3 Å². The van der Waals surface area contributed by atoms with Crippen LogP contribution in [-0.4, -0.2) is 12.5 Å². The Hall–Kier alpha value is -1.65. The highest BCUT2D eigenvalue weighted by atomic mass is 32.1. The zero-order valence-corrected chi connectivity index (χ0v) is 10.7. The van der Waals surface area contributed by atoms with Gasteiger partial charge in [-0.05, 0) is 28.6 Å². The first-order valence-electron chi connectivity index (χ1n) is 5.97. The van der Waals surface area contributed by atoms with E-state index in [4.69, 9.17) is 0 Å². The summed E-state index contributed by atoms with van der Waals surface area (Å²) in [6.45, 7) is 1.55. The van der Waals surface area contributed by atoms with Crippen molar-refractivity contribution < 1.29 is 4.79 Å².